The molecule has 1 aromatic rings. The summed E-state index contributed by atoms with van der Waals surface area (Å²) in [7, 11) is 0. The smallest absolute Gasteiger partial charge is 0.251 e. The molecule has 0 radical (unpaired) electrons. The molecule has 0 amide bonds. The predicted molar refractivity (Wildman–Crippen MR) is 52.1 cm³/mol. The number of nitrogens with one attached hydrogen (secondary N) is 2. The van der Waals surface area contributed by atoms with E-state index in [0.29, 0.717) is 5.25 Å². The Labute approximate surface area is 80.2 Å². The molecule has 0 bridgehead atoms. The molecule has 0 saturated carbocycles. The number of aromatic nitrogens is 2. The zero-order chi connectivity index (χ0) is 9.26. The van der Waals surface area contributed by atoms with Crippen molar-refractivity contribution in [3.8, 4) is 0 Å². The van der Waals surface area contributed by atoms with Crippen LogP contribution < -0.4 is 10.9 Å². The summed E-state index contributed by atoms with van der Waals surface area (Å²) < 4.78 is 0. The summed E-state index contributed by atoms with van der Waals surface area (Å²) in [5.41, 5.74) is 0.709. The Morgan fingerprint density at radius 3 is 2.92 bits per heavy atom. The Morgan fingerprint density at radius 1 is 1.62 bits per heavy atom. The second-order valence-corrected chi connectivity index (χ2v) is 4.38. The standard InChI is InChI=1S/C8H11N3OS/c1-5-2-7(12)11-8(10-5)13-6-3-9-4-6/h2,6,9H,3-4H2,1H3,(H,10,11,12). The van der Waals surface area contributed by atoms with E-state index in [1.807, 2.05) is 6.92 Å². The lowest BCUT2D eigenvalue weighted by molar-refractivity contribution is 0.542. The summed E-state index contributed by atoms with van der Waals surface area (Å²) in [6.07, 6.45) is 0. The highest BCUT2D eigenvalue weighted by Gasteiger charge is 2.18. The van der Waals surface area contributed by atoms with Crippen LogP contribution in [0.4, 0.5) is 0 Å². The van der Waals surface area contributed by atoms with Crippen LogP contribution in [0.5, 0.6) is 0 Å². The molecule has 0 atom stereocenters. The molecule has 0 unspecified atom stereocenters. The average molecular weight is 197 g/mol. The van der Waals surface area contributed by atoms with Crippen molar-refractivity contribution in [3.05, 3.63) is 22.1 Å². The number of hydrogen-bond acceptors (Lipinski definition) is 4. The summed E-state index contributed by atoms with van der Waals surface area (Å²) in [5.74, 6) is 0. The van der Waals surface area contributed by atoms with Crippen LogP contribution in [0.3, 0.4) is 0 Å². The largest absolute Gasteiger partial charge is 0.314 e. The maximum absolute atomic E-state index is 11.1. The highest BCUT2D eigenvalue weighted by Crippen LogP contribution is 2.20. The molecule has 5 heteroatoms. The zero-order valence-electron chi connectivity index (χ0n) is 7.33. The Balaban J connectivity index is 2.14. The van der Waals surface area contributed by atoms with Gasteiger partial charge in [-0.05, 0) is 6.92 Å². The average Bonchev–Trinajstić information content (AvgIpc) is 1.95. The third-order valence-corrected chi connectivity index (χ3v) is 2.95. The van der Waals surface area contributed by atoms with Crippen molar-refractivity contribution in [3.63, 3.8) is 0 Å². The Kier molecular flexibility index (Phi) is 2.37. The third-order valence-electron chi connectivity index (χ3n) is 1.87. The van der Waals surface area contributed by atoms with Gasteiger partial charge in [0, 0.05) is 30.1 Å². The highest BCUT2D eigenvalue weighted by molar-refractivity contribution is 7.99. The van der Waals surface area contributed by atoms with Crippen molar-refractivity contribution in [2.24, 2.45) is 0 Å². The van der Waals surface area contributed by atoms with Gasteiger partial charge in [0.05, 0.1) is 0 Å². The van der Waals surface area contributed by atoms with Gasteiger partial charge in [0.25, 0.3) is 5.56 Å². The van der Waals surface area contributed by atoms with Crippen molar-refractivity contribution < 1.29 is 0 Å². The van der Waals surface area contributed by atoms with Crippen LogP contribution in [0, 0.1) is 6.92 Å². The van der Waals surface area contributed by atoms with Gasteiger partial charge < -0.3 is 10.3 Å². The normalized spacial score (nSPS) is 17.0. The van der Waals surface area contributed by atoms with Crippen LogP contribution in [0.2, 0.25) is 0 Å². The molecule has 1 aliphatic heterocycles. The molecular formula is C8H11N3OS. The third kappa shape index (κ3) is 2.10. The molecular weight excluding hydrogens is 186 g/mol. The lowest BCUT2D eigenvalue weighted by Gasteiger charge is -2.25. The first-order chi connectivity index (χ1) is 6.24. The molecule has 13 heavy (non-hydrogen) atoms. The molecule has 2 rings (SSSR count). The zero-order valence-corrected chi connectivity index (χ0v) is 8.15. The molecule has 1 fully saturated rings. The number of rotatable bonds is 2. The fraction of sp³-hybridized carbons (Fsp3) is 0.500. The number of H-pyrrole nitrogens is 1. The van der Waals surface area contributed by atoms with Gasteiger partial charge in [-0.2, -0.15) is 0 Å². The molecule has 2 N–H and O–H groups in total. The minimum absolute atomic E-state index is 0.0673. The Morgan fingerprint density at radius 2 is 2.38 bits per heavy atom. The molecule has 0 aliphatic carbocycles. The van der Waals surface area contributed by atoms with Gasteiger partial charge in [0.15, 0.2) is 5.16 Å². The van der Waals surface area contributed by atoms with Crippen LogP contribution in [0.15, 0.2) is 16.0 Å². The lowest BCUT2D eigenvalue weighted by Crippen LogP contribution is -2.44. The van der Waals surface area contributed by atoms with Gasteiger partial charge in [-0.25, -0.2) is 4.98 Å². The van der Waals surface area contributed by atoms with E-state index in [0.717, 1.165) is 23.9 Å². The van der Waals surface area contributed by atoms with Crippen LogP contribution >= 0.6 is 11.8 Å². The van der Waals surface area contributed by atoms with Gasteiger partial charge in [-0.3, -0.25) is 4.79 Å². The van der Waals surface area contributed by atoms with E-state index in [-0.39, 0.29) is 5.56 Å². The van der Waals surface area contributed by atoms with E-state index in [9.17, 15) is 4.79 Å². The summed E-state index contributed by atoms with van der Waals surface area (Å²) in [5, 5.41) is 4.46. The number of thioether (sulfide) groups is 1. The first-order valence-electron chi connectivity index (χ1n) is 4.19. The molecule has 0 spiro atoms. The fourth-order valence-electron chi connectivity index (χ4n) is 1.11. The second-order valence-electron chi connectivity index (χ2n) is 3.09. The van der Waals surface area contributed by atoms with Crippen LogP contribution in [0.1, 0.15) is 5.69 Å². The van der Waals surface area contributed by atoms with Crippen LogP contribution in [-0.4, -0.2) is 28.3 Å². The Hall–Kier alpha value is -0.810. The number of hydrogen-bond donors (Lipinski definition) is 2. The highest BCUT2D eigenvalue weighted by atomic mass is 32.2. The van der Waals surface area contributed by atoms with Gasteiger partial charge >= 0.3 is 0 Å². The minimum atomic E-state index is -0.0673. The lowest BCUT2D eigenvalue weighted by atomic mass is 10.3. The van der Waals surface area contributed by atoms with Crippen molar-refractivity contribution in [1.29, 1.82) is 0 Å². The topological polar surface area (TPSA) is 57.8 Å². The van der Waals surface area contributed by atoms with Crippen molar-refractivity contribution >= 4 is 11.8 Å². The van der Waals surface area contributed by atoms with Crippen LogP contribution in [-0.2, 0) is 0 Å². The van der Waals surface area contributed by atoms with E-state index >= 15 is 0 Å². The first-order valence-corrected chi connectivity index (χ1v) is 5.07. The predicted octanol–water partition coefficient (Wildman–Crippen LogP) is 0.142. The molecule has 0 aromatic carbocycles. The molecule has 1 aromatic heterocycles. The maximum atomic E-state index is 11.1. The summed E-state index contributed by atoms with van der Waals surface area (Å²) in [6.45, 7) is 3.84. The van der Waals surface area contributed by atoms with Crippen LogP contribution in [0.25, 0.3) is 0 Å². The SMILES string of the molecule is Cc1cc(=O)[nH]c(SC2CNC2)n1. The van der Waals surface area contributed by atoms with Gasteiger partial charge in [-0.15, -0.1) is 0 Å². The second kappa shape index (κ2) is 3.51. The molecule has 4 nitrogen and oxygen atoms in total. The molecule has 70 valence electrons. The van der Waals surface area contributed by atoms with Gasteiger partial charge in [0.2, 0.25) is 0 Å². The van der Waals surface area contributed by atoms with Gasteiger partial charge in [0.1, 0.15) is 0 Å². The van der Waals surface area contributed by atoms with Crippen molar-refractivity contribution in [1.82, 2.24) is 15.3 Å². The quantitative estimate of drug-likeness (QED) is 0.662. The molecule has 1 saturated heterocycles. The number of aromatic amines is 1. The minimum Gasteiger partial charge on any atom is -0.314 e. The van der Waals surface area contributed by atoms with Gasteiger partial charge in [-0.1, -0.05) is 11.8 Å². The fourth-order valence-corrected chi connectivity index (χ4v) is 2.19. The van der Waals surface area contributed by atoms with E-state index in [4.69, 9.17) is 0 Å². The number of aryl methyl sites for hydroxylation is 1. The first kappa shape index (κ1) is 8.77. The van der Waals surface area contributed by atoms with Crippen molar-refractivity contribution in [2.45, 2.75) is 17.3 Å². The summed E-state index contributed by atoms with van der Waals surface area (Å²) >= 11 is 1.63. The summed E-state index contributed by atoms with van der Waals surface area (Å²) in [6, 6.07) is 1.50. The maximum Gasteiger partial charge on any atom is 0.251 e. The number of nitrogens with zero attached hydrogens (tertiary/aromatic N) is 1. The monoisotopic (exact) mass is 197 g/mol. The Bertz CT molecular complexity index is 359. The van der Waals surface area contributed by atoms with Crippen molar-refractivity contribution in [2.75, 3.05) is 13.1 Å². The van der Waals surface area contributed by atoms with E-state index in [1.54, 1.807) is 11.8 Å². The molecule has 1 aliphatic rings. The summed E-state index contributed by atoms with van der Waals surface area (Å²) in [4.78, 5) is 18.0. The molecule has 2 heterocycles. The van der Waals surface area contributed by atoms with E-state index < -0.39 is 0 Å². The van der Waals surface area contributed by atoms with E-state index in [2.05, 4.69) is 15.3 Å². The van der Waals surface area contributed by atoms with E-state index in [1.165, 1.54) is 6.07 Å².